The first kappa shape index (κ1) is 32.1. The average Bonchev–Trinajstić information content (AvgIpc) is 2.99. The Bertz CT molecular complexity index is 1490. The molecule has 0 saturated heterocycles. The van der Waals surface area contributed by atoms with Crippen molar-refractivity contribution in [3.05, 3.63) is 87.2 Å². The maximum atomic E-state index is 13.8. The fourth-order valence-electron chi connectivity index (χ4n) is 4.14. The molecule has 0 radical (unpaired) electrons. The lowest BCUT2D eigenvalue weighted by atomic mass is 10.0. The summed E-state index contributed by atoms with van der Waals surface area (Å²) in [6, 6.07) is 6.92. The number of esters is 1. The summed E-state index contributed by atoms with van der Waals surface area (Å²) in [6.07, 6.45) is -0.313. The molecule has 2 amide bonds. The highest BCUT2D eigenvalue weighted by atomic mass is 19.1. The van der Waals surface area contributed by atoms with Gasteiger partial charge in [-0.2, -0.15) is 4.39 Å². The fraction of sp³-hybridized carbons (Fsp3) is 0.250. The molecule has 15 heteroatoms. The number of nitro benzene ring substituents is 1. The Morgan fingerprint density at radius 3 is 2.09 bits per heavy atom. The Kier molecular flexibility index (Phi) is 10.4. The number of ether oxygens (including phenoxy) is 3. The third kappa shape index (κ3) is 7.65. The number of nitrogens with one attached hydrogen (secondary N) is 2. The van der Waals surface area contributed by atoms with Crippen molar-refractivity contribution in [2.45, 2.75) is 24.5 Å². The molecule has 6 N–H and O–H groups in total. The molecule has 43 heavy (non-hydrogen) atoms. The maximum Gasteiger partial charge on any atom is 0.328 e. The monoisotopic (exact) mass is 600 g/mol. The van der Waals surface area contributed by atoms with Crippen LogP contribution in [0.4, 0.5) is 10.1 Å². The van der Waals surface area contributed by atoms with Crippen LogP contribution < -0.4 is 25.8 Å². The van der Waals surface area contributed by atoms with E-state index in [4.69, 9.17) is 19.9 Å². The minimum Gasteiger partial charge on any atom is -0.504 e. The lowest BCUT2D eigenvalue weighted by molar-refractivity contribution is -0.387. The molecule has 0 aliphatic rings. The van der Waals surface area contributed by atoms with Crippen molar-refractivity contribution in [1.29, 1.82) is 0 Å². The van der Waals surface area contributed by atoms with E-state index in [0.717, 1.165) is 31.4 Å². The zero-order valence-corrected chi connectivity index (χ0v) is 23.2. The zero-order chi connectivity index (χ0) is 31.8. The molecule has 0 aliphatic heterocycles. The summed E-state index contributed by atoms with van der Waals surface area (Å²) >= 11 is 0. The number of nitrogens with two attached hydrogens (primary N) is 1. The van der Waals surface area contributed by atoms with Gasteiger partial charge in [0.1, 0.15) is 23.9 Å². The van der Waals surface area contributed by atoms with Gasteiger partial charge in [-0.1, -0.05) is 18.2 Å². The molecule has 0 aliphatic carbocycles. The van der Waals surface area contributed by atoms with Gasteiger partial charge in [0.15, 0.2) is 11.5 Å². The number of phenolic OH excluding ortho intramolecular Hbond substituents is 2. The van der Waals surface area contributed by atoms with Crippen LogP contribution in [0, 0.1) is 15.9 Å². The third-order valence-electron chi connectivity index (χ3n) is 6.36. The van der Waals surface area contributed by atoms with E-state index in [1.165, 1.54) is 44.6 Å². The Hall–Kier alpha value is -5.44. The lowest BCUT2D eigenvalue weighted by Gasteiger charge is -2.24. The van der Waals surface area contributed by atoms with Gasteiger partial charge in [0.25, 0.3) is 0 Å². The van der Waals surface area contributed by atoms with Gasteiger partial charge in [-0.05, 0) is 47.0 Å². The third-order valence-corrected chi connectivity index (χ3v) is 6.36. The molecular weight excluding hydrogens is 571 g/mol. The van der Waals surface area contributed by atoms with E-state index in [0.29, 0.717) is 5.75 Å². The van der Waals surface area contributed by atoms with Crippen LogP contribution in [0.1, 0.15) is 28.8 Å². The second-order valence-corrected chi connectivity index (χ2v) is 9.12. The average molecular weight is 601 g/mol. The van der Waals surface area contributed by atoms with Crippen molar-refractivity contribution in [1.82, 2.24) is 10.6 Å². The Morgan fingerprint density at radius 1 is 0.930 bits per heavy atom. The molecule has 0 saturated carbocycles. The van der Waals surface area contributed by atoms with Gasteiger partial charge < -0.3 is 40.8 Å². The van der Waals surface area contributed by atoms with E-state index in [9.17, 15) is 39.1 Å². The van der Waals surface area contributed by atoms with E-state index >= 15 is 0 Å². The molecule has 0 fully saturated rings. The van der Waals surface area contributed by atoms with Gasteiger partial charge in [-0.3, -0.25) is 19.7 Å². The van der Waals surface area contributed by atoms with Crippen LogP contribution >= 0.6 is 0 Å². The molecule has 0 unspecified atom stereocenters. The number of hydrogen-bond acceptors (Lipinski definition) is 11. The number of nitrogens with zero attached hydrogens (tertiary/aromatic N) is 1. The smallest absolute Gasteiger partial charge is 0.328 e. The number of benzene rings is 3. The maximum absolute atomic E-state index is 13.8. The first-order valence-corrected chi connectivity index (χ1v) is 12.5. The molecule has 14 nitrogen and oxygen atoms in total. The van der Waals surface area contributed by atoms with Crippen LogP contribution in [0.3, 0.4) is 0 Å². The lowest BCUT2D eigenvalue weighted by Crippen LogP contribution is -2.49. The molecule has 0 heterocycles. The summed E-state index contributed by atoms with van der Waals surface area (Å²) in [5, 5.41) is 36.3. The Morgan fingerprint density at radius 2 is 1.56 bits per heavy atom. The van der Waals surface area contributed by atoms with Crippen LogP contribution in [0.2, 0.25) is 0 Å². The SMILES string of the molecule is COC(=O)[C@H](Cc1ccc(F)c([N+](=O)[O-])c1)NC(=O)[C@H](NC(=O)[C@H](N)c1cc(O)c(OC)c(O)c1)c1ccc(OC)cc1. The van der Waals surface area contributed by atoms with E-state index in [1.54, 1.807) is 0 Å². The molecule has 3 aromatic carbocycles. The molecule has 0 aromatic heterocycles. The highest BCUT2D eigenvalue weighted by Crippen LogP contribution is 2.38. The molecule has 0 spiro atoms. The number of rotatable bonds is 12. The minimum atomic E-state index is -1.48. The number of nitro groups is 1. The summed E-state index contributed by atoms with van der Waals surface area (Å²) in [5.74, 6) is -4.53. The molecular formula is C28H29FN4O10. The zero-order valence-electron chi connectivity index (χ0n) is 23.2. The van der Waals surface area contributed by atoms with Gasteiger partial charge in [0.2, 0.25) is 23.4 Å². The predicted octanol–water partition coefficient (Wildman–Crippen LogP) is 1.92. The van der Waals surface area contributed by atoms with Crippen LogP contribution in [-0.4, -0.2) is 60.3 Å². The van der Waals surface area contributed by atoms with Crippen LogP contribution in [0.5, 0.6) is 23.0 Å². The summed E-state index contributed by atoms with van der Waals surface area (Å²) in [6.45, 7) is 0. The largest absolute Gasteiger partial charge is 0.504 e. The first-order chi connectivity index (χ1) is 20.4. The van der Waals surface area contributed by atoms with Crippen molar-refractivity contribution in [2.24, 2.45) is 5.73 Å². The number of carbonyl (C=O) groups is 3. The predicted molar refractivity (Wildman–Crippen MR) is 148 cm³/mol. The molecule has 3 aromatic rings. The van der Waals surface area contributed by atoms with Gasteiger partial charge in [0.05, 0.1) is 26.3 Å². The summed E-state index contributed by atoms with van der Waals surface area (Å²) in [4.78, 5) is 49.6. The van der Waals surface area contributed by atoms with Crippen molar-refractivity contribution in [3.8, 4) is 23.0 Å². The first-order valence-electron chi connectivity index (χ1n) is 12.5. The Balaban J connectivity index is 1.92. The van der Waals surface area contributed by atoms with E-state index in [1.807, 2.05) is 0 Å². The van der Waals surface area contributed by atoms with E-state index in [-0.39, 0.29) is 28.9 Å². The van der Waals surface area contributed by atoms with Crippen LogP contribution in [-0.2, 0) is 25.5 Å². The number of halogens is 1. The van der Waals surface area contributed by atoms with Crippen LogP contribution in [0.25, 0.3) is 0 Å². The summed E-state index contributed by atoms with van der Waals surface area (Å²) in [5.41, 5.74) is 5.65. The van der Waals surface area contributed by atoms with Crippen molar-refractivity contribution < 1.29 is 48.1 Å². The second-order valence-electron chi connectivity index (χ2n) is 9.12. The van der Waals surface area contributed by atoms with Crippen molar-refractivity contribution in [3.63, 3.8) is 0 Å². The number of carbonyl (C=O) groups excluding carboxylic acids is 3. The summed E-state index contributed by atoms with van der Waals surface area (Å²) in [7, 11) is 3.72. The van der Waals surface area contributed by atoms with Crippen molar-refractivity contribution >= 4 is 23.5 Å². The number of methoxy groups -OCH3 is 3. The fourth-order valence-corrected chi connectivity index (χ4v) is 4.14. The highest BCUT2D eigenvalue weighted by molar-refractivity contribution is 5.93. The quantitative estimate of drug-likeness (QED) is 0.115. The molecule has 228 valence electrons. The molecule has 3 atom stereocenters. The molecule has 3 rings (SSSR count). The second kappa shape index (κ2) is 14.0. The molecule has 0 bridgehead atoms. The van der Waals surface area contributed by atoms with E-state index < -0.39 is 63.8 Å². The normalized spacial score (nSPS) is 12.8. The Labute approximate surface area is 244 Å². The minimum absolute atomic E-state index is 0.00692. The van der Waals surface area contributed by atoms with Gasteiger partial charge in [-0.15, -0.1) is 0 Å². The number of phenols is 2. The number of aromatic hydroxyl groups is 2. The number of amides is 2. The van der Waals surface area contributed by atoms with E-state index in [2.05, 4.69) is 10.6 Å². The van der Waals surface area contributed by atoms with Crippen LogP contribution in [0.15, 0.2) is 54.6 Å². The van der Waals surface area contributed by atoms with Gasteiger partial charge in [-0.25, -0.2) is 4.79 Å². The topological polar surface area (TPSA) is 213 Å². The highest BCUT2D eigenvalue weighted by Gasteiger charge is 2.31. The standard InChI is InChI=1S/C28H29FN4O10/c1-41-17-7-5-15(6-8-17)24(32-26(36)23(30)16-12-21(34)25(42-2)22(35)13-16)27(37)31-19(28(38)43-3)10-14-4-9-18(29)20(11-14)33(39)40/h4-9,11-13,19,23-24,34-35H,10,30H2,1-3H3,(H,31,37)(H,32,36)/t19-,23+,24+/m0/s1. The van der Waals surface area contributed by atoms with Gasteiger partial charge in [0, 0.05) is 12.5 Å². The summed E-state index contributed by atoms with van der Waals surface area (Å²) < 4.78 is 28.6. The van der Waals surface area contributed by atoms with Gasteiger partial charge >= 0.3 is 11.7 Å². The number of hydrogen-bond donors (Lipinski definition) is 5. The van der Waals surface area contributed by atoms with Crippen molar-refractivity contribution in [2.75, 3.05) is 21.3 Å².